The maximum absolute atomic E-state index is 16.0. The Morgan fingerprint density at radius 3 is 2.47 bits per heavy atom. The molecule has 176 valence electrons. The third kappa shape index (κ3) is 4.87. The minimum absolute atomic E-state index is 0.0966. The highest BCUT2D eigenvalue weighted by Crippen LogP contribution is 2.37. The summed E-state index contributed by atoms with van der Waals surface area (Å²) >= 11 is 0. The minimum atomic E-state index is -3.82. The maximum Gasteiger partial charge on any atom is 0.263 e. The standard InChI is InChI=1S/C26H27FN4O2S/c1-18-9-7-8-12-23(18)34(32,33)31-24-14-16-28-25(30-24)29-20(3)26(27)15-13-22(17-19(26)2)21-10-5-4-6-11-21/h4-17,19-20H,1-3H3,(H2,28,29,30,31). The summed E-state index contributed by atoms with van der Waals surface area (Å²) in [4.78, 5) is 8.57. The van der Waals surface area contributed by atoms with E-state index < -0.39 is 27.7 Å². The molecule has 0 radical (unpaired) electrons. The van der Waals surface area contributed by atoms with Crippen LogP contribution in [0.4, 0.5) is 16.2 Å². The predicted octanol–water partition coefficient (Wildman–Crippen LogP) is 5.38. The van der Waals surface area contributed by atoms with Gasteiger partial charge in [-0.25, -0.2) is 17.8 Å². The lowest BCUT2D eigenvalue weighted by molar-refractivity contribution is 0.153. The van der Waals surface area contributed by atoms with Crippen molar-refractivity contribution in [3.05, 3.63) is 96.2 Å². The zero-order valence-electron chi connectivity index (χ0n) is 19.2. The molecular formula is C26H27FN4O2S. The fourth-order valence-electron chi connectivity index (χ4n) is 4.02. The Morgan fingerprint density at radius 1 is 1.06 bits per heavy atom. The second-order valence-corrected chi connectivity index (χ2v) is 10.1. The first-order chi connectivity index (χ1) is 16.2. The summed E-state index contributed by atoms with van der Waals surface area (Å²) in [5.41, 5.74) is 0.942. The average Bonchev–Trinajstić information content (AvgIpc) is 2.81. The zero-order valence-corrected chi connectivity index (χ0v) is 20.1. The minimum Gasteiger partial charge on any atom is -0.348 e. The van der Waals surface area contributed by atoms with Crippen LogP contribution in [-0.4, -0.2) is 30.1 Å². The van der Waals surface area contributed by atoms with Gasteiger partial charge in [0, 0.05) is 12.1 Å². The van der Waals surface area contributed by atoms with E-state index in [1.165, 1.54) is 18.3 Å². The van der Waals surface area contributed by atoms with Crippen molar-refractivity contribution in [3.63, 3.8) is 0 Å². The molecular weight excluding hydrogens is 451 g/mol. The van der Waals surface area contributed by atoms with E-state index in [0.717, 1.165) is 11.1 Å². The molecule has 1 aliphatic rings. The fourth-order valence-corrected chi connectivity index (χ4v) is 5.27. The summed E-state index contributed by atoms with van der Waals surface area (Å²) in [5, 5.41) is 3.00. The second kappa shape index (κ2) is 9.38. The molecule has 1 aliphatic carbocycles. The molecule has 0 saturated carbocycles. The molecule has 3 aromatic rings. The summed E-state index contributed by atoms with van der Waals surface area (Å²) < 4.78 is 44.0. The Balaban J connectivity index is 1.49. The van der Waals surface area contributed by atoms with Crippen molar-refractivity contribution < 1.29 is 12.8 Å². The van der Waals surface area contributed by atoms with E-state index in [-0.39, 0.29) is 16.7 Å². The lowest BCUT2D eigenvalue weighted by Gasteiger charge is -2.36. The molecule has 0 amide bonds. The molecule has 3 unspecified atom stereocenters. The number of sulfonamides is 1. The molecule has 0 fully saturated rings. The van der Waals surface area contributed by atoms with Crippen LogP contribution in [0, 0.1) is 12.8 Å². The summed E-state index contributed by atoms with van der Waals surface area (Å²) in [6.45, 7) is 5.27. The maximum atomic E-state index is 16.0. The number of halogens is 1. The van der Waals surface area contributed by atoms with Crippen molar-refractivity contribution in [2.45, 2.75) is 37.4 Å². The smallest absolute Gasteiger partial charge is 0.263 e. The lowest BCUT2D eigenvalue weighted by Crippen LogP contribution is -2.45. The summed E-state index contributed by atoms with van der Waals surface area (Å²) in [6, 6.07) is 17.3. The SMILES string of the molecule is Cc1ccccc1S(=O)(=O)Nc1ccnc(NC(C)C2(F)C=CC(c3ccccc3)=CC2C)n1. The fraction of sp³-hybridized carbons (Fsp3) is 0.231. The molecule has 0 bridgehead atoms. The van der Waals surface area contributed by atoms with Crippen LogP contribution in [-0.2, 0) is 10.0 Å². The molecule has 0 spiro atoms. The van der Waals surface area contributed by atoms with Gasteiger partial charge in [0.2, 0.25) is 5.95 Å². The number of hydrogen-bond donors (Lipinski definition) is 2. The first-order valence-corrected chi connectivity index (χ1v) is 12.5. The van der Waals surface area contributed by atoms with Crippen molar-refractivity contribution >= 4 is 27.4 Å². The van der Waals surface area contributed by atoms with Crippen molar-refractivity contribution in [2.75, 3.05) is 10.0 Å². The first kappa shape index (κ1) is 23.6. The highest BCUT2D eigenvalue weighted by Gasteiger charge is 2.41. The Labute approximate surface area is 199 Å². The molecule has 6 nitrogen and oxygen atoms in total. The molecule has 2 aromatic carbocycles. The summed E-state index contributed by atoms with van der Waals surface area (Å²) in [6.07, 6.45) is 6.71. The van der Waals surface area contributed by atoms with E-state index in [1.54, 1.807) is 44.2 Å². The van der Waals surface area contributed by atoms with Crippen molar-refractivity contribution in [2.24, 2.45) is 5.92 Å². The number of alkyl halides is 1. The molecule has 2 N–H and O–H groups in total. The molecule has 1 aromatic heterocycles. The van der Waals surface area contributed by atoms with E-state index in [1.807, 2.05) is 43.3 Å². The zero-order chi connectivity index (χ0) is 24.3. The topological polar surface area (TPSA) is 84.0 Å². The second-order valence-electron chi connectivity index (χ2n) is 8.44. The molecule has 1 heterocycles. The van der Waals surface area contributed by atoms with Crippen LogP contribution in [0.2, 0.25) is 0 Å². The van der Waals surface area contributed by atoms with E-state index in [4.69, 9.17) is 0 Å². The van der Waals surface area contributed by atoms with E-state index >= 15 is 4.39 Å². The van der Waals surface area contributed by atoms with E-state index in [2.05, 4.69) is 20.0 Å². The van der Waals surface area contributed by atoms with Gasteiger partial charge in [0.05, 0.1) is 10.9 Å². The highest BCUT2D eigenvalue weighted by molar-refractivity contribution is 7.92. The highest BCUT2D eigenvalue weighted by atomic mass is 32.2. The quantitative estimate of drug-likeness (QED) is 0.476. The van der Waals surface area contributed by atoms with Crippen LogP contribution in [0.3, 0.4) is 0 Å². The van der Waals surface area contributed by atoms with Crippen molar-refractivity contribution in [1.82, 2.24) is 9.97 Å². The van der Waals surface area contributed by atoms with Crippen LogP contribution in [0.15, 0.2) is 90.0 Å². The number of benzene rings is 2. The first-order valence-electron chi connectivity index (χ1n) is 11.0. The Kier molecular flexibility index (Phi) is 6.52. The number of hydrogen-bond acceptors (Lipinski definition) is 5. The molecule has 4 rings (SSSR count). The summed E-state index contributed by atoms with van der Waals surface area (Å²) in [7, 11) is -3.82. The van der Waals surface area contributed by atoms with Crippen LogP contribution < -0.4 is 10.0 Å². The molecule has 0 saturated heterocycles. The Bertz CT molecular complexity index is 1340. The molecule has 3 atom stereocenters. The van der Waals surface area contributed by atoms with Gasteiger partial charge >= 0.3 is 0 Å². The van der Waals surface area contributed by atoms with Crippen molar-refractivity contribution in [3.8, 4) is 0 Å². The average molecular weight is 479 g/mol. The van der Waals surface area contributed by atoms with Gasteiger partial charge in [0.15, 0.2) is 5.67 Å². The number of nitrogens with one attached hydrogen (secondary N) is 2. The number of aromatic nitrogens is 2. The van der Waals surface area contributed by atoms with Gasteiger partial charge < -0.3 is 5.32 Å². The number of nitrogens with zero attached hydrogens (tertiary/aromatic N) is 2. The van der Waals surface area contributed by atoms with Gasteiger partial charge in [0.1, 0.15) is 5.82 Å². The summed E-state index contributed by atoms with van der Waals surface area (Å²) in [5.74, 6) is -0.176. The number of aryl methyl sites for hydroxylation is 1. The predicted molar refractivity (Wildman–Crippen MR) is 134 cm³/mol. The van der Waals surface area contributed by atoms with Crippen molar-refractivity contribution in [1.29, 1.82) is 0 Å². The van der Waals surface area contributed by atoms with Gasteiger partial charge in [-0.3, -0.25) is 4.72 Å². The van der Waals surface area contributed by atoms with Crippen LogP contribution in [0.5, 0.6) is 0 Å². The third-order valence-corrected chi connectivity index (χ3v) is 7.55. The van der Waals surface area contributed by atoms with E-state index in [9.17, 15) is 8.42 Å². The third-order valence-electron chi connectivity index (χ3n) is 6.04. The van der Waals surface area contributed by atoms with Gasteiger partial charge in [-0.15, -0.1) is 0 Å². The van der Waals surface area contributed by atoms with E-state index in [0.29, 0.717) is 5.56 Å². The number of rotatable bonds is 7. The van der Waals surface area contributed by atoms with Gasteiger partial charge in [-0.1, -0.05) is 67.6 Å². The van der Waals surface area contributed by atoms with Gasteiger partial charge in [-0.05, 0) is 48.8 Å². The normalized spacial score (nSPS) is 20.9. The monoisotopic (exact) mass is 478 g/mol. The Hall–Kier alpha value is -3.52. The largest absolute Gasteiger partial charge is 0.348 e. The number of allylic oxidation sites excluding steroid dienone is 3. The molecule has 34 heavy (non-hydrogen) atoms. The Morgan fingerprint density at radius 2 is 1.76 bits per heavy atom. The van der Waals surface area contributed by atoms with Crippen LogP contribution in [0.1, 0.15) is 25.0 Å². The lowest BCUT2D eigenvalue weighted by atomic mass is 9.78. The van der Waals surface area contributed by atoms with Gasteiger partial charge in [-0.2, -0.15) is 4.98 Å². The number of anilines is 2. The molecule has 8 heteroatoms. The van der Waals surface area contributed by atoms with Crippen LogP contribution in [0.25, 0.3) is 5.57 Å². The van der Waals surface area contributed by atoms with Gasteiger partial charge in [0.25, 0.3) is 10.0 Å². The molecule has 0 aliphatic heterocycles. The van der Waals surface area contributed by atoms with Crippen LogP contribution >= 0.6 is 0 Å².